The highest BCUT2D eigenvalue weighted by molar-refractivity contribution is 6.60. The molecule has 114 valence electrons. The van der Waals surface area contributed by atoms with Gasteiger partial charge in [0.05, 0.1) is 0 Å². The average Bonchev–Trinajstić information content (AvgIpc) is 2.39. The van der Waals surface area contributed by atoms with Crippen LogP contribution in [0.25, 0.3) is 0 Å². The van der Waals surface area contributed by atoms with E-state index in [9.17, 15) is 4.79 Å². The lowest BCUT2D eigenvalue weighted by Crippen LogP contribution is -2.46. The quantitative estimate of drug-likeness (QED) is 0.528. The predicted molar refractivity (Wildman–Crippen MR) is 76.2 cm³/mol. The molecule has 0 aromatic carbocycles. The van der Waals surface area contributed by atoms with Gasteiger partial charge < -0.3 is 18.4 Å². The summed E-state index contributed by atoms with van der Waals surface area (Å²) < 4.78 is 17.6. The van der Waals surface area contributed by atoms with Crippen LogP contribution in [0.4, 0.5) is 0 Å². The van der Waals surface area contributed by atoms with Crippen molar-refractivity contribution in [1.29, 1.82) is 0 Å². The number of carbonyl (C=O) groups is 1. The maximum atomic E-state index is 10.6. The van der Waals surface area contributed by atoms with E-state index >= 15 is 0 Å². The molecule has 0 spiro atoms. The van der Waals surface area contributed by atoms with Crippen molar-refractivity contribution in [2.24, 2.45) is 0 Å². The highest BCUT2D eigenvalue weighted by atomic mass is 28.4. The van der Waals surface area contributed by atoms with Gasteiger partial charge in [0, 0.05) is 32.3 Å². The Balaban J connectivity index is 4.51. The minimum atomic E-state index is -2.69. The molecule has 0 aliphatic carbocycles. The van der Waals surface area contributed by atoms with Crippen molar-refractivity contribution in [2.45, 2.75) is 58.9 Å². The van der Waals surface area contributed by atoms with Crippen molar-refractivity contribution in [3.8, 4) is 0 Å². The van der Waals surface area contributed by atoms with E-state index in [2.05, 4.69) is 0 Å². The molecule has 1 N–H and O–H groups in total. The summed E-state index contributed by atoms with van der Waals surface area (Å²) in [6, 6.07) is 0.583. The molecule has 5 nitrogen and oxygen atoms in total. The van der Waals surface area contributed by atoms with Crippen LogP contribution in [0.15, 0.2) is 0 Å². The Kier molecular flexibility index (Phi) is 11.1. The minimum absolute atomic E-state index is 0.134. The molecule has 0 aliphatic rings. The van der Waals surface area contributed by atoms with Gasteiger partial charge in [0.1, 0.15) is 0 Å². The van der Waals surface area contributed by atoms with Crippen LogP contribution in [0.3, 0.4) is 0 Å². The van der Waals surface area contributed by atoms with E-state index in [0.717, 1.165) is 19.3 Å². The lowest BCUT2D eigenvalue weighted by molar-refractivity contribution is -0.137. The highest BCUT2D eigenvalue weighted by Gasteiger charge is 2.40. The molecule has 0 heterocycles. The monoisotopic (exact) mass is 292 g/mol. The van der Waals surface area contributed by atoms with E-state index in [1.165, 1.54) is 0 Å². The van der Waals surface area contributed by atoms with Crippen LogP contribution in [-0.2, 0) is 18.1 Å². The lowest BCUT2D eigenvalue weighted by atomic mass is 10.3. The van der Waals surface area contributed by atoms with Gasteiger partial charge in [-0.2, -0.15) is 0 Å². The fourth-order valence-electron chi connectivity index (χ4n) is 1.57. The summed E-state index contributed by atoms with van der Waals surface area (Å²) in [6.07, 6.45) is 3.38. The summed E-state index contributed by atoms with van der Waals surface area (Å²) >= 11 is 0. The third kappa shape index (κ3) is 9.15. The number of carboxylic acid groups (broad SMARTS) is 1. The standard InChI is InChI=1S/C13H28O5Si/c1-4-9-16-19(17-10-5-2,18-11-6-3)12-7-8-13(14)15/h4-12H2,1-3H3,(H,14,15). The maximum Gasteiger partial charge on any atom is 0.500 e. The van der Waals surface area contributed by atoms with Crippen LogP contribution in [0.5, 0.6) is 0 Å². The third-order valence-corrected chi connectivity index (χ3v) is 5.35. The van der Waals surface area contributed by atoms with Crippen molar-refractivity contribution in [2.75, 3.05) is 19.8 Å². The Bertz CT molecular complexity index is 213. The molecule has 0 radical (unpaired) electrons. The van der Waals surface area contributed by atoms with E-state index < -0.39 is 14.8 Å². The van der Waals surface area contributed by atoms with Crippen molar-refractivity contribution >= 4 is 14.8 Å². The zero-order valence-corrected chi connectivity index (χ0v) is 13.4. The first-order valence-corrected chi connectivity index (χ1v) is 9.17. The smallest absolute Gasteiger partial charge is 0.481 e. The van der Waals surface area contributed by atoms with Gasteiger partial charge in [-0.25, -0.2) is 0 Å². The lowest BCUT2D eigenvalue weighted by Gasteiger charge is -2.29. The number of aliphatic carboxylic acids is 1. The first-order chi connectivity index (χ1) is 9.10. The van der Waals surface area contributed by atoms with Crippen molar-refractivity contribution in [1.82, 2.24) is 0 Å². The van der Waals surface area contributed by atoms with E-state index in [4.69, 9.17) is 18.4 Å². The molecule has 0 unspecified atom stereocenters. The second-order valence-corrected chi connectivity index (χ2v) is 7.21. The molecule has 0 aliphatic heterocycles. The second-order valence-electron chi connectivity index (χ2n) is 4.48. The van der Waals surface area contributed by atoms with Gasteiger partial charge in [-0.3, -0.25) is 4.79 Å². The van der Waals surface area contributed by atoms with Crippen LogP contribution < -0.4 is 0 Å². The molecule has 0 saturated heterocycles. The van der Waals surface area contributed by atoms with Crippen LogP contribution in [0.1, 0.15) is 52.9 Å². The van der Waals surface area contributed by atoms with E-state index in [0.29, 0.717) is 32.3 Å². The van der Waals surface area contributed by atoms with Crippen molar-refractivity contribution in [3.05, 3.63) is 0 Å². The van der Waals surface area contributed by atoms with Gasteiger partial charge in [-0.15, -0.1) is 0 Å². The largest absolute Gasteiger partial charge is 0.500 e. The van der Waals surface area contributed by atoms with Gasteiger partial charge in [0.15, 0.2) is 0 Å². The molecule has 0 bridgehead atoms. The maximum absolute atomic E-state index is 10.6. The Labute approximate surface area is 117 Å². The third-order valence-electron chi connectivity index (χ3n) is 2.45. The summed E-state index contributed by atoms with van der Waals surface area (Å²) in [6.45, 7) is 7.92. The highest BCUT2D eigenvalue weighted by Crippen LogP contribution is 2.20. The zero-order valence-electron chi connectivity index (χ0n) is 12.4. The number of rotatable bonds is 13. The van der Waals surface area contributed by atoms with Gasteiger partial charge in [-0.1, -0.05) is 20.8 Å². The summed E-state index contributed by atoms with van der Waals surface area (Å²) in [5.74, 6) is -0.788. The van der Waals surface area contributed by atoms with Crippen LogP contribution in [-0.4, -0.2) is 39.7 Å². The first kappa shape index (κ1) is 18.6. The Hall–Kier alpha value is -0.433. The van der Waals surface area contributed by atoms with Crippen molar-refractivity contribution < 1.29 is 23.2 Å². The molecule has 0 fully saturated rings. The Morgan fingerprint density at radius 1 is 0.947 bits per heavy atom. The molecular weight excluding hydrogens is 264 g/mol. The molecule has 0 aromatic rings. The molecule has 0 amide bonds. The van der Waals surface area contributed by atoms with Gasteiger partial charge in [0.25, 0.3) is 0 Å². The molecule has 19 heavy (non-hydrogen) atoms. The van der Waals surface area contributed by atoms with E-state index in [-0.39, 0.29) is 6.42 Å². The number of carboxylic acids is 1. The van der Waals surface area contributed by atoms with Gasteiger partial charge in [-0.05, 0) is 25.7 Å². The summed E-state index contributed by atoms with van der Waals surface area (Å²) in [7, 11) is -2.69. The second kappa shape index (κ2) is 11.4. The minimum Gasteiger partial charge on any atom is -0.481 e. The molecular formula is C13H28O5Si. The molecule has 0 saturated carbocycles. The summed E-state index contributed by atoms with van der Waals surface area (Å²) in [5, 5.41) is 8.73. The first-order valence-electron chi connectivity index (χ1n) is 7.23. The van der Waals surface area contributed by atoms with Crippen molar-refractivity contribution in [3.63, 3.8) is 0 Å². The molecule has 0 atom stereocenters. The molecule has 6 heteroatoms. The van der Waals surface area contributed by atoms with Gasteiger partial charge in [0.2, 0.25) is 0 Å². The van der Waals surface area contributed by atoms with E-state index in [1.807, 2.05) is 20.8 Å². The Morgan fingerprint density at radius 2 is 1.37 bits per heavy atom. The fourth-order valence-corrected chi connectivity index (χ4v) is 4.41. The van der Waals surface area contributed by atoms with E-state index in [1.54, 1.807) is 0 Å². The fraction of sp³-hybridized carbons (Fsp3) is 0.923. The van der Waals surface area contributed by atoms with Crippen LogP contribution >= 0.6 is 0 Å². The molecule has 0 rings (SSSR count). The zero-order chi connectivity index (χ0) is 14.6. The topological polar surface area (TPSA) is 65.0 Å². The Morgan fingerprint density at radius 3 is 1.68 bits per heavy atom. The SMILES string of the molecule is CCCO[Si](CCCC(=O)O)(OCCC)OCCC. The summed E-state index contributed by atoms with van der Waals surface area (Å²) in [5.41, 5.74) is 0. The van der Waals surface area contributed by atoms with Crippen LogP contribution in [0, 0.1) is 0 Å². The number of hydrogen-bond acceptors (Lipinski definition) is 4. The van der Waals surface area contributed by atoms with Crippen LogP contribution in [0.2, 0.25) is 6.04 Å². The summed E-state index contributed by atoms with van der Waals surface area (Å²) in [4.78, 5) is 10.6. The van der Waals surface area contributed by atoms with Gasteiger partial charge >= 0.3 is 14.8 Å². The predicted octanol–water partition coefficient (Wildman–Crippen LogP) is 3.07. The normalized spacial score (nSPS) is 11.7. The average molecular weight is 292 g/mol. The molecule has 0 aromatic heterocycles. The number of hydrogen-bond donors (Lipinski definition) is 1.